The van der Waals surface area contributed by atoms with Crippen LogP contribution < -0.4 is 4.74 Å². The third kappa shape index (κ3) is 1.99. The molecule has 20 heavy (non-hydrogen) atoms. The first-order valence-electron chi connectivity index (χ1n) is 7.31. The Morgan fingerprint density at radius 2 is 2.20 bits per heavy atom. The van der Waals surface area contributed by atoms with Crippen molar-refractivity contribution in [2.45, 2.75) is 38.3 Å². The summed E-state index contributed by atoms with van der Waals surface area (Å²) in [5.74, 6) is 1.11. The standard InChI is InChI=1S/C16H21NO3/c1-3-17-11-5-6-12(14(19)9-11)16(17)10-4-7-13(18)15(8-10)20-2/h4,7-8,11-12,16,18H,3,5-6,9H2,1-2H3. The van der Waals surface area contributed by atoms with Gasteiger partial charge in [-0.05, 0) is 37.1 Å². The summed E-state index contributed by atoms with van der Waals surface area (Å²) in [7, 11) is 1.55. The van der Waals surface area contributed by atoms with Gasteiger partial charge in [0.1, 0.15) is 5.78 Å². The molecule has 3 atom stereocenters. The first kappa shape index (κ1) is 13.4. The lowest BCUT2D eigenvalue weighted by molar-refractivity contribution is -0.137. The van der Waals surface area contributed by atoms with E-state index in [1.165, 1.54) is 0 Å². The molecule has 2 aliphatic heterocycles. The van der Waals surface area contributed by atoms with Gasteiger partial charge in [0.05, 0.1) is 7.11 Å². The molecule has 0 aromatic heterocycles. The smallest absolute Gasteiger partial charge is 0.160 e. The van der Waals surface area contributed by atoms with Crippen LogP contribution in [0.1, 0.15) is 37.8 Å². The monoisotopic (exact) mass is 275 g/mol. The van der Waals surface area contributed by atoms with E-state index in [9.17, 15) is 9.90 Å². The number of methoxy groups -OCH3 is 1. The maximum Gasteiger partial charge on any atom is 0.160 e. The molecular formula is C16H21NO3. The minimum absolute atomic E-state index is 0.0919. The van der Waals surface area contributed by atoms with Gasteiger partial charge < -0.3 is 9.84 Å². The first-order valence-corrected chi connectivity index (χ1v) is 7.31. The van der Waals surface area contributed by atoms with Gasteiger partial charge in [0.15, 0.2) is 11.5 Å². The zero-order valence-corrected chi connectivity index (χ0v) is 12.0. The van der Waals surface area contributed by atoms with Gasteiger partial charge in [0.2, 0.25) is 0 Å². The van der Waals surface area contributed by atoms with Gasteiger partial charge in [0, 0.05) is 24.4 Å². The third-order valence-electron chi connectivity index (χ3n) is 4.78. The van der Waals surface area contributed by atoms with Gasteiger partial charge in [-0.1, -0.05) is 13.0 Å². The number of aromatic hydroxyl groups is 1. The highest BCUT2D eigenvalue weighted by atomic mass is 16.5. The number of phenols is 1. The summed E-state index contributed by atoms with van der Waals surface area (Å²) in [6.45, 7) is 3.10. The van der Waals surface area contributed by atoms with Crippen LogP contribution in [0.25, 0.3) is 0 Å². The summed E-state index contributed by atoms with van der Waals surface area (Å²) in [4.78, 5) is 14.6. The molecule has 108 valence electrons. The normalized spacial score (nSPS) is 29.7. The van der Waals surface area contributed by atoms with Gasteiger partial charge in [-0.15, -0.1) is 0 Å². The quantitative estimate of drug-likeness (QED) is 0.921. The van der Waals surface area contributed by atoms with Crippen LogP contribution in [0.4, 0.5) is 0 Å². The summed E-state index contributed by atoms with van der Waals surface area (Å²) in [5, 5.41) is 9.73. The van der Waals surface area contributed by atoms with Crippen LogP contribution in [0.2, 0.25) is 0 Å². The largest absolute Gasteiger partial charge is 0.504 e. The van der Waals surface area contributed by atoms with E-state index in [1.54, 1.807) is 13.2 Å². The fraction of sp³-hybridized carbons (Fsp3) is 0.562. The van der Waals surface area contributed by atoms with Crippen LogP contribution in [0.15, 0.2) is 18.2 Å². The number of carbonyl (C=O) groups excluding carboxylic acids is 1. The second kappa shape index (κ2) is 5.09. The fourth-order valence-corrected chi connectivity index (χ4v) is 3.85. The Morgan fingerprint density at radius 1 is 1.40 bits per heavy atom. The minimum Gasteiger partial charge on any atom is -0.504 e. The van der Waals surface area contributed by atoms with Gasteiger partial charge in [0.25, 0.3) is 0 Å². The molecule has 0 amide bonds. The van der Waals surface area contributed by atoms with Crippen molar-refractivity contribution in [2.24, 2.45) is 5.92 Å². The van der Waals surface area contributed by atoms with E-state index in [0.29, 0.717) is 24.0 Å². The molecule has 3 fully saturated rings. The molecule has 1 aliphatic carbocycles. The number of piperidine rings is 2. The zero-order chi connectivity index (χ0) is 14.3. The number of carbonyl (C=O) groups is 1. The summed E-state index contributed by atoms with van der Waals surface area (Å²) in [5.41, 5.74) is 1.07. The average molecular weight is 275 g/mol. The van der Waals surface area contributed by atoms with E-state index in [2.05, 4.69) is 11.8 Å². The van der Waals surface area contributed by atoms with Crippen molar-refractivity contribution < 1.29 is 14.6 Å². The Kier molecular flexibility index (Phi) is 3.42. The first-order chi connectivity index (χ1) is 9.65. The number of Topliss-reactive ketones (excluding diaryl/α,β-unsaturated/α-hetero) is 1. The lowest BCUT2D eigenvalue weighted by Crippen LogP contribution is -2.53. The molecule has 3 aliphatic rings. The molecule has 4 rings (SSSR count). The molecule has 4 heteroatoms. The molecule has 1 aromatic carbocycles. The number of ketones is 1. The SMILES string of the molecule is CCN1C2CCC(C(=O)C2)C1c1ccc(O)c(OC)c1. The van der Waals surface area contributed by atoms with Crippen LogP contribution in [-0.4, -0.2) is 35.5 Å². The number of fused-ring (bicyclic) bond motifs is 3. The third-order valence-corrected chi connectivity index (χ3v) is 4.78. The molecule has 2 saturated heterocycles. The molecule has 2 bridgehead atoms. The van der Waals surface area contributed by atoms with Crippen LogP contribution >= 0.6 is 0 Å². The van der Waals surface area contributed by atoms with Crippen molar-refractivity contribution >= 4 is 5.78 Å². The molecule has 1 saturated carbocycles. The Morgan fingerprint density at radius 3 is 2.85 bits per heavy atom. The molecule has 3 unspecified atom stereocenters. The minimum atomic E-state index is 0.0919. The van der Waals surface area contributed by atoms with E-state index < -0.39 is 0 Å². The number of phenolic OH excluding ortho intramolecular Hbond substituents is 1. The van der Waals surface area contributed by atoms with E-state index in [0.717, 1.165) is 24.9 Å². The van der Waals surface area contributed by atoms with Crippen molar-refractivity contribution in [1.29, 1.82) is 0 Å². The summed E-state index contributed by atoms with van der Waals surface area (Å²) >= 11 is 0. The maximum absolute atomic E-state index is 12.2. The average Bonchev–Trinajstić information content (AvgIpc) is 2.47. The summed E-state index contributed by atoms with van der Waals surface area (Å²) in [6, 6.07) is 5.96. The Balaban J connectivity index is 2.00. The van der Waals surface area contributed by atoms with E-state index in [4.69, 9.17) is 4.74 Å². The molecule has 1 aromatic rings. The van der Waals surface area contributed by atoms with Crippen molar-refractivity contribution in [3.8, 4) is 11.5 Å². The highest BCUT2D eigenvalue weighted by Gasteiger charge is 2.46. The predicted octanol–water partition coefficient (Wildman–Crippen LogP) is 2.52. The number of ether oxygens (including phenoxy) is 1. The number of nitrogens with zero attached hydrogens (tertiary/aromatic N) is 1. The van der Waals surface area contributed by atoms with Gasteiger partial charge in [-0.3, -0.25) is 9.69 Å². The van der Waals surface area contributed by atoms with Gasteiger partial charge in [-0.2, -0.15) is 0 Å². The molecule has 0 radical (unpaired) electrons. The Labute approximate surface area is 119 Å². The molecular weight excluding hydrogens is 254 g/mol. The molecule has 1 N–H and O–H groups in total. The van der Waals surface area contributed by atoms with Crippen LogP contribution in [0, 0.1) is 5.92 Å². The number of benzene rings is 1. The second-order valence-electron chi connectivity index (χ2n) is 5.71. The van der Waals surface area contributed by atoms with E-state index in [1.807, 2.05) is 12.1 Å². The van der Waals surface area contributed by atoms with Crippen LogP contribution in [-0.2, 0) is 4.79 Å². The van der Waals surface area contributed by atoms with E-state index in [-0.39, 0.29) is 17.7 Å². The summed E-state index contributed by atoms with van der Waals surface area (Å²) in [6.07, 6.45) is 2.80. The van der Waals surface area contributed by atoms with Crippen LogP contribution in [0.3, 0.4) is 0 Å². The number of rotatable bonds is 3. The predicted molar refractivity (Wildman–Crippen MR) is 75.9 cm³/mol. The van der Waals surface area contributed by atoms with Crippen molar-refractivity contribution in [1.82, 2.24) is 4.90 Å². The van der Waals surface area contributed by atoms with Crippen LogP contribution in [0.5, 0.6) is 11.5 Å². The molecule has 4 nitrogen and oxygen atoms in total. The number of hydrogen-bond acceptors (Lipinski definition) is 4. The summed E-state index contributed by atoms with van der Waals surface area (Å²) < 4.78 is 5.20. The highest BCUT2D eigenvalue weighted by Crippen LogP contribution is 2.46. The van der Waals surface area contributed by atoms with Gasteiger partial charge in [-0.25, -0.2) is 0 Å². The molecule has 0 spiro atoms. The topological polar surface area (TPSA) is 49.8 Å². The molecule has 2 heterocycles. The van der Waals surface area contributed by atoms with Crippen molar-refractivity contribution in [2.75, 3.05) is 13.7 Å². The highest BCUT2D eigenvalue weighted by molar-refractivity contribution is 5.84. The maximum atomic E-state index is 12.2. The fourth-order valence-electron chi connectivity index (χ4n) is 3.85. The van der Waals surface area contributed by atoms with E-state index >= 15 is 0 Å². The lowest BCUT2D eigenvalue weighted by atomic mass is 9.71. The lowest BCUT2D eigenvalue weighted by Gasteiger charge is -2.50. The zero-order valence-electron chi connectivity index (χ0n) is 12.0. The van der Waals surface area contributed by atoms with Gasteiger partial charge >= 0.3 is 0 Å². The van der Waals surface area contributed by atoms with Crippen molar-refractivity contribution in [3.63, 3.8) is 0 Å². The number of hydrogen-bond donors (Lipinski definition) is 1. The Hall–Kier alpha value is -1.55. The Bertz CT molecular complexity index is 528. The second-order valence-corrected chi connectivity index (χ2v) is 5.71. The van der Waals surface area contributed by atoms with Crippen molar-refractivity contribution in [3.05, 3.63) is 23.8 Å².